The average molecular weight is 399 g/mol. The summed E-state index contributed by atoms with van der Waals surface area (Å²) in [6, 6.07) is 11.7. The minimum atomic E-state index is -0.635. The van der Waals surface area contributed by atoms with Gasteiger partial charge in [-0.25, -0.2) is 0 Å². The highest BCUT2D eigenvalue weighted by Crippen LogP contribution is 2.49. The molecular weight excluding hydrogens is 368 g/mol. The smallest absolute Gasteiger partial charge is 0.234 e. The number of hydrogen-bond acceptors (Lipinski definition) is 5. The Labute approximate surface area is 171 Å². The number of nitrogens with zero attached hydrogens (tertiary/aromatic N) is 1. The number of aliphatic hydroxyl groups is 1. The Hall–Kier alpha value is -2.31. The first-order chi connectivity index (χ1) is 14.1. The van der Waals surface area contributed by atoms with Gasteiger partial charge in [0, 0.05) is 18.5 Å². The van der Waals surface area contributed by atoms with E-state index in [0.717, 1.165) is 49.2 Å². The topological polar surface area (TPSA) is 74.9 Å². The maximum atomic E-state index is 12.6. The second kappa shape index (κ2) is 8.59. The molecule has 0 unspecified atom stereocenters. The number of furan rings is 1. The van der Waals surface area contributed by atoms with Crippen LogP contribution in [0.2, 0.25) is 0 Å². The lowest BCUT2D eigenvalue weighted by atomic mass is 9.66. The number of carbonyl (C=O) groups excluding carboxylic acids is 1. The molecule has 6 nitrogen and oxygen atoms in total. The van der Waals surface area contributed by atoms with Crippen molar-refractivity contribution in [2.24, 2.45) is 5.92 Å². The Bertz CT molecular complexity index is 805. The molecule has 1 aliphatic carbocycles. The fourth-order valence-corrected chi connectivity index (χ4v) is 5.00. The van der Waals surface area contributed by atoms with Crippen LogP contribution in [-0.2, 0) is 11.3 Å². The van der Waals surface area contributed by atoms with Gasteiger partial charge in [-0.3, -0.25) is 9.69 Å². The van der Waals surface area contributed by atoms with Crippen molar-refractivity contribution in [3.05, 3.63) is 54.0 Å². The zero-order valence-electron chi connectivity index (χ0n) is 17.0. The normalized spacial score (nSPS) is 27.2. The third kappa shape index (κ3) is 4.33. The van der Waals surface area contributed by atoms with Gasteiger partial charge in [0.15, 0.2) is 0 Å². The van der Waals surface area contributed by atoms with Gasteiger partial charge in [-0.1, -0.05) is 25.0 Å². The highest BCUT2D eigenvalue weighted by Gasteiger charge is 2.49. The standard InChI is InChI=1S/C23H30N2O4/c1-28-18-9-7-17(8-10-18)22-20-6-2-3-11-23(20,27)12-13-25(22)16-21(26)24-15-19-5-4-14-29-19/h4-5,7-10,14,20,22,27H,2-3,6,11-13,15-16H2,1H3,(H,24,26)/t20-,22-,23-/m0/s1. The number of methoxy groups -OCH3 is 1. The first kappa shape index (κ1) is 20.0. The third-order valence-electron chi connectivity index (χ3n) is 6.52. The summed E-state index contributed by atoms with van der Waals surface area (Å²) < 4.78 is 10.6. The van der Waals surface area contributed by atoms with E-state index in [1.165, 1.54) is 0 Å². The molecule has 29 heavy (non-hydrogen) atoms. The van der Waals surface area contributed by atoms with E-state index in [4.69, 9.17) is 9.15 Å². The summed E-state index contributed by atoms with van der Waals surface area (Å²) in [7, 11) is 1.66. The van der Waals surface area contributed by atoms with E-state index in [0.29, 0.717) is 19.6 Å². The van der Waals surface area contributed by atoms with E-state index in [1.54, 1.807) is 13.4 Å². The van der Waals surface area contributed by atoms with Gasteiger partial charge in [-0.2, -0.15) is 0 Å². The molecule has 6 heteroatoms. The predicted octanol–water partition coefficient (Wildman–Crippen LogP) is 3.27. The molecule has 1 saturated heterocycles. The molecule has 1 saturated carbocycles. The number of ether oxygens (including phenoxy) is 1. The molecule has 2 aromatic rings. The van der Waals surface area contributed by atoms with Crippen molar-refractivity contribution in [3.8, 4) is 5.75 Å². The molecule has 1 aliphatic heterocycles. The van der Waals surface area contributed by atoms with Crippen LogP contribution in [0.3, 0.4) is 0 Å². The molecule has 2 aliphatic rings. The first-order valence-electron chi connectivity index (χ1n) is 10.5. The van der Waals surface area contributed by atoms with E-state index >= 15 is 0 Å². The number of fused-ring (bicyclic) bond motifs is 1. The molecule has 156 valence electrons. The highest BCUT2D eigenvalue weighted by atomic mass is 16.5. The molecule has 0 radical (unpaired) electrons. The van der Waals surface area contributed by atoms with Gasteiger partial charge in [0.2, 0.25) is 5.91 Å². The summed E-state index contributed by atoms with van der Waals surface area (Å²) >= 11 is 0. The molecular formula is C23H30N2O4. The fourth-order valence-electron chi connectivity index (χ4n) is 5.00. The van der Waals surface area contributed by atoms with E-state index in [2.05, 4.69) is 22.3 Å². The second-order valence-corrected chi connectivity index (χ2v) is 8.25. The van der Waals surface area contributed by atoms with Gasteiger partial charge in [0.05, 0.1) is 32.1 Å². The minimum Gasteiger partial charge on any atom is -0.497 e. The fraction of sp³-hybridized carbons (Fsp3) is 0.522. The van der Waals surface area contributed by atoms with Gasteiger partial charge >= 0.3 is 0 Å². The van der Waals surface area contributed by atoms with E-state index in [1.807, 2.05) is 24.3 Å². The summed E-state index contributed by atoms with van der Waals surface area (Å²) in [6.45, 7) is 1.40. The van der Waals surface area contributed by atoms with Gasteiger partial charge in [-0.05, 0) is 49.1 Å². The van der Waals surface area contributed by atoms with Crippen LogP contribution in [0.5, 0.6) is 5.75 Å². The largest absolute Gasteiger partial charge is 0.497 e. The van der Waals surface area contributed by atoms with Gasteiger partial charge in [0.25, 0.3) is 0 Å². The molecule has 1 aromatic carbocycles. The van der Waals surface area contributed by atoms with Crippen molar-refractivity contribution < 1.29 is 19.1 Å². The van der Waals surface area contributed by atoms with Crippen LogP contribution in [0.25, 0.3) is 0 Å². The highest BCUT2D eigenvalue weighted by molar-refractivity contribution is 5.78. The predicted molar refractivity (Wildman–Crippen MR) is 109 cm³/mol. The number of benzene rings is 1. The quantitative estimate of drug-likeness (QED) is 0.781. The van der Waals surface area contributed by atoms with Gasteiger partial charge in [-0.15, -0.1) is 0 Å². The van der Waals surface area contributed by atoms with Crippen molar-refractivity contribution in [2.45, 2.75) is 50.3 Å². The Kier molecular flexibility index (Phi) is 5.92. The lowest BCUT2D eigenvalue weighted by molar-refractivity contribution is -0.138. The molecule has 4 rings (SSSR count). The number of amides is 1. The first-order valence-corrected chi connectivity index (χ1v) is 10.5. The zero-order chi connectivity index (χ0) is 20.3. The number of nitrogens with one attached hydrogen (secondary N) is 1. The summed E-state index contributed by atoms with van der Waals surface area (Å²) in [5.41, 5.74) is 0.499. The van der Waals surface area contributed by atoms with Crippen LogP contribution in [-0.4, -0.2) is 41.7 Å². The number of piperidine rings is 1. The summed E-state index contributed by atoms with van der Waals surface area (Å²) in [5, 5.41) is 14.3. The van der Waals surface area contributed by atoms with Crippen LogP contribution in [0.1, 0.15) is 49.5 Å². The number of rotatable bonds is 6. The summed E-state index contributed by atoms with van der Waals surface area (Å²) in [6.07, 6.45) is 6.36. The van der Waals surface area contributed by atoms with Crippen molar-refractivity contribution >= 4 is 5.91 Å². The van der Waals surface area contributed by atoms with E-state index < -0.39 is 5.60 Å². The SMILES string of the molecule is COc1ccc([C@H]2[C@@H]3CCCC[C@]3(O)CCN2CC(=O)NCc2ccco2)cc1. The van der Waals surface area contributed by atoms with Gasteiger partial charge < -0.3 is 19.6 Å². The Morgan fingerprint density at radius 2 is 2.10 bits per heavy atom. The van der Waals surface area contributed by atoms with Crippen molar-refractivity contribution in [1.82, 2.24) is 10.2 Å². The van der Waals surface area contributed by atoms with Crippen LogP contribution in [0, 0.1) is 5.92 Å². The molecule has 2 fully saturated rings. The molecule has 3 atom stereocenters. The maximum Gasteiger partial charge on any atom is 0.234 e. The van der Waals surface area contributed by atoms with Crippen molar-refractivity contribution in [3.63, 3.8) is 0 Å². The number of likely N-dealkylation sites (tertiary alicyclic amines) is 1. The molecule has 0 spiro atoms. The van der Waals surface area contributed by atoms with E-state index in [-0.39, 0.29) is 17.9 Å². The second-order valence-electron chi connectivity index (χ2n) is 8.25. The van der Waals surface area contributed by atoms with Crippen LogP contribution >= 0.6 is 0 Å². The number of hydrogen-bond donors (Lipinski definition) is 2. The molecule has 1 amide bonds. The lowest BCUT2D eigenvalue weighted by Crippen LogP contribution is -2.56. The third-order valence-corrected chi connectivity index (χ3v) is 6.52. The molecule has 2 heterocycles. The average Bonchev–Trinajstić information content (AvgIpc) is 3.26. The monoisotopic (exact) mass is 398 g/mol. The summed E-state index contributed by atoms with van der Waals surface area (Å²) in [4.78, 5) is 14.9. The zero-order valence-corrected chi connectivity index (χ0v) is 17.0. The van der Waals surface area contributed by atoms with Crippen molar-refractivity contribution in [1.29, 1.82) is 0 Å². The van der Waals surface area contributed by atoms with Crippen LogP contribution in [0.15, 0.2) is 47.1 Å². The Morgan fingerprint density at radius 1 is 1.28 bits per heavy atom. The molecule has 1 aromatic heterocycles. The molecule has 0 bridgehead atoms. The molecule has 2 N–H and O–H groups in total. The summed E-state index contributed by atoms with van der Waals surface area (Å²) in [5.74, 6) is 1.66. The lowest BCUT2D eigenvalue weighted by Gasteiger charge is -2.52. The van der Waals surface area contributed by atoms with Crippen LogP contribution < -0.4 is 10.1 Å². The maximum absolute atomic E-state index is 12.6. The van der Waals surface area contributed by atoms with Gasteiger partial charge in [0.1, 0.15) is 11.5 Å². The van der Waals surface area contributed by atoms with Crippen LogP contribution in [0.4, 0.5) is 0 Å². The minimum absolute atomic E-state index is 0.0225. The number of carbonyl (C=O) groups is 1. The van der Waals surface area contributed by atoms with E-state index in [9.17, 15) is 9.90 Å². The Morgan fingerprint density at radius 3 is 2.83 bits per heavy atom. The van der Waals surface area contributed by atoms with Crippen molar-refractivity contribution in [2.75, 3.05) is 20.2 Å². The Balaban J connectivity index is 1.52.